The van der Waals surface area contributed by atoms with Crippen LogP contribution in [-0.2, 0) is 14.3 Å². The number of halogens is 1. The van der Waals surface area contributed by atoms with E-state index in [4.69, 9.17) is 9.47 Å². The molecule has 1 aromatic rings. The maximum Gasteiger partial charge on any atom is 0.308 e. The zero-order valence-corrected chi connectivity index (χ0v) is 22.9. The highest BCUT2D eigenvalue weighted by Gasteiger charge is 2.36. The molecule has 0 bridgehead atoms. The molecule has 1 heterocycles. The number of carbonyl (C=O) groups is 3. The van der Waals surface area contributed by atoms with Crippen molar-refractivity contribution in [2.75, 3.05) is 26.3 Å². The number of esters is 1. The van der Waals surface area contributed by atoms with Gasteiger partial charge in [0.05, 0.1) is 25.2 Å². The predicted octanol–water partition coefficient (Wildman–Crippen LogP) is 5.64. The highest BCUT2D eigenvalue weighted by Crippen LogP contribution is 2.27. The first-order chi connectivity index (χ1) is 17.0. The minimum atomic E-state index is -0.898. The lowest BCUT2D eigenvalue weighted by atomic mass is 10.1. The Bertz CT molecular complexity index is 817. The minimum Gasteiger partial charge on any atom is -0.493 e. The zero-order chi connectivity index (χ0) is 25.5. The average Bonchev–Trinajstić information content (AvgIpc) is 2.85. The summed E-state index contributed by atoms with van der Waals surface area (Å²) in [6, 6.07) is 4.38. The average molecular weight is 554 g/mol. The number of nitrogens with zero attached hydrogens (tertiary/aromatic N) is 1. The Morgan fingerprint density at radius 2 is 1.69 bits per heavy atom. The van der Waals surface area contributed by atoms with E-state index in [0.29, 0.717) is 37.6 Å². The number of rotatable bonds is 16. The maximum absolute atomic E-state index is 13.5. The summed E-state index contributed by atoms with van der Waals surface area (Å²) in [5, 5.41) is 2.77. The summed E-state index contributed by atoms with van der Waals surface area (Å²) in [5.41, 5.74) is 0.377. The van der Waals surface area contributed by atoms with E-state index in [0.717, 1.165) is 36.6 Å². The molecule has 7 nitrogen and oxygen atoms in total. The summed E-state index contributed by atoms with van der Waals surface area (Å²) in [7, 11) is 0. The molecule has 1 unspecified atom stereocenters. The summed E-state index contributed by atoms with van der Waals surface area (Å²) in [4.78, 5) is 40.0. The van der Waals surface area contributed by atoms with Crippen LogP contribution in [0.25, 0.3) is 0 Å². The van der Waals surface area contributed by atoms with Gasteiger partial charge in [-0.15, -0.1) is 0 Å². The number of hydrogen-bond donors (Lipinski definition) is 1. The first-order valence-electron chi connectivity index (χ1n) is 13.1. The van der Waals surface area contributed by atoms with E-state index < -0.39 is 12.0 Å². The van der Waals surface area contributed by atoms with Gasteiger partial charge in [0.2, 0.25) is 5.91 Å². The summed E-state index contributed by atoms with van der Waals surface area (Å²) < 4.78 is 12.0. The molecule has 0 saturated carbocycles. The van der Waals surface area contributed by atoms with Crippen LogP contribution in [-0.4, -0.2) is 55.0 Å². The number of amides is 2. The van der Waals surface area contributed by atoms with Crippen LogP contribution in [0.5, 0.6) is 5.75 Å². The highest BCUT2D eigenvalue weighted by molar-refractivity contribution is 9.10. The molecule has 0 aliphatic carbocycles. The van der Waals surface area contributed by atoms with Crippen LogP contribution in [0.4, 0.5) is 0 Å². The SMILES string of the molecule is CCCCCCCCCCOC(=O)CC1C(=O)NCCN1C(=O)c1cc(Br)ccc1OCCCC. The second kappa shape index (κ2) is 16.6. The van der Waals surface area contributed by atoms with Gasteiger partial charge in [-0.2, -0.15) is 0 Å². The van der Waals surface area contributed by atoms with Crippen molar-refractivity contribution in [2.45, 2.75) is 90.5 Å². The number of carbonyl (C=O) groups excluding carboxylic acids is 3. The number of hydrogen-bond acceptors (Lipinski definition) is 5. The molecule has 1 saturated heterocycles. The van der Waals surface area contributed by atoms with Crippen LogP contribution < -0.4 is 10.1 Å². The van der Waals surface area contributed by atoms with Crippen molar-refractivity contribution in [1.29, 1.82) is 0 Å². The van der Waals surface area contributed by atoms with Crippen molar-refractivity contribution in [2.24, 2.45) is 0 Å². The largest absolute Gasteiger partial charge is 0.493 e. The molecule has 0 aromatic heterocycles. The second-order valence-electron chi connectivity index (χ2n) is 9.05. The molecule has 1 N–H and O–H groups in total. The number of nitrogens with one attached hydrogen (secondary N) is 1. The van der Waals surface area contributed by atoms with E-state index in [1.807, 2.05) is 6.07 Å². The molecular weight excluding hydrogens is 512 g/mol. The molecule has 0 spiro atoms. The van der Waals surface area contributed by atoms with Crippen LogP contribution >= 0.6 is 15.9 Å². The number of benzene rings is 1. The molecule has 1 aromatic carbocycles. The van der Waals surface area contributed by atoms with Crippen LogP contribution in [0.3, 0.4) is 0 Å². The van der Waals surface area contributed by atoms with Crippen LogP contribution in [0.2, 0.25) is 0 Å². The van der Waals surface area contributed by atoms with E-state index in [1.165, 1.54) is 37.0 Å². The van der Waals surface area contributed by atoms with E-state index >= 15 is 0 Å². The quantitative estimate of drug-likeness (QED) is 0.212. The van der Waals surface area contributed by atoms with Gasteiger partial charge in [-0.3, -0.25) is 14.4 Å². The van der Waals surface area contributed by atoms with Gasteiger partial charge in [-0.25, -0.2) is 0 Å². The summed E-state index contributed by atoms with van der Waals surface area (Å²) in [5.74, 6) is -0.638. The fourth-order valence-electron chi connectivity index (χ4n) is 4.08. The number of piperazine rings is 1. The molecule has 2 amide bonds. The topological polar surface area (TPSA) is 84.9 Å². The lowest BCUT2D eigenvalue weighted by Gasteiger charge is -2.35. The fraction of sp³-hybridized carbons (Fsp3) is 0.667. The third-order valence-electron chi connectivity index (χ3n) is 6.14. The minimum absolute atomic E-state index is 0.158. The van der Waals surface area contributed by atoms with E-state index in [9.17, 15) is 14.4 Å². The van der Waals surface area contributed by atoms with Gasteiger partial charge < -0.3 is 19.7 Å². The molecule has 1 aliphatic rings. The van der Waals surface area contributed by atoms with Gasteiger partial charge in [0.15, 0.2) is 0 Å². The van der Waals surface area contributed by atoms with Gasteiger partial charge in [-0.1, -0.05) is 81.1 Å². The Morgan fingerprint density at radius 1 is 1.00 bits per heavy atom. The third kappa shape index (κ3) is 10.2. The Labute approximate surface area is 218 Å². The maximum atomic E-state index is 13.5. The molecule has 1 fully saturated rings. The number of ether oxygens (including phenoxy) is 2. The summed E-state index contributed by atoms with van der Waals surface area (Å²) in [6.45, 7) is 5.80. The highest BCUT2D eigenvalue weighted by atomic mass is 79.9. The molecule has 1 aliphatic heterocycles. The first kappa shape index (κ1) is 29.1. The summed E-state index contributed by atoms with van der Waals surface area (Å²) >= 11 is 3.42. The van der Waals surface area contributed by atoms with Crippen molar-refractivity contribution in [3.05, 3.63) is 28.2 Å². The Kier molecular flexibility index (Phi) is 13.8. The Morgan fingerprint density at radius 3 is 2.40 bits per heavy atom. The van der Waals surface area contributed by atoms with E-state index in [1.54, 1.807) is 12.1 Å². The van der Waals surface area contributed by atoms with Gasteiger partial charge >= 0.3 is 5.97 Å². The third-order valence-corrected chi connectivity index (χ3v) is 6.63. The monoisotopic (exact) mass is 552 g/mol. The lowest BCUT2D eigenvalue weighted by Crippen LogP contribution is -2.57. The number of unbranched alkanes of at least 4 members (excludes halogenated alkanes) is 8. The standard InChI is InChI=1S/C27H41BrN2O5/c1-3-5-7-8-9-10-11-12-18-35-25(31)20-23-26(32)29-15-16-30(23)27(33)22-19-21(28)13-14-24(22)34-17-6-4-2/h13-14,19,23H,3-12,15-18,20H2,1-2H3,(H,29,32). The van der Waals surface area contributed by atoms with Crippen LogP contribution in [0, 0.1) is 0 Å². The Hall–Kier alpha value is -2.09. The van der Waals surface area contributed by atoms with Crippen molar-refractivity contribution in [1.82, 2.24) is 10.2 Å². The molecule has 8 heteroatoms. The Balaban J connectivity index is 1.91. The molecule has 2 rings (SSSR count). The van der Waals surface area contributed by atoms with Gasteiger partial charge in [-0.05, 0) is 31.0 Å². The van der Waals surface area contributed by atoms with Gasteiger partial charge in [0.25, 0.3) is 5.91 Å². The lowest BCUT2D eigenvalue weighted by molar-refractivity contribution is -0.147. The van der Waals surface area contributed by atoms with Crippen molar-refractivity contribution >= 4 is 33.7 Å². The normalized spacial score (nSPS) is 15.6. The molecule has 1 atom stereocenters. The predicted molar refractivity (Wildman–Crippen MR) is 141 cm³/mol. The van der Waals surface area contributed by atoms with Crippen molar-refractivity contribution in [3.63, 3.8) is 0 Å². The van der Waals surface area contributed by atoms with Crippen LogP contribution in [0.15, 0.2) is 22.7 Å². The van der Waals surface area contributed by atoms with Crippen LogP contribution in [0.1, 0.15) is 94.8 Å². The van der Waals surface area contributed by atoms with Crippen molar-refractivity contribution in [3.8, 4) is 5.75 Å². The molecular formula is C27H41BrN2O5. The zero-order valence-electron chi connectivity index (χ0n) is 21.3. The smallest absolute Gasteiger partial charge is 0.308 e. The van der Waals surface area contributed by atoms with E-state index in [-0.39, 0.29) is 18.2 Å². The molecule has 196 valence electrons. The second-order valence-corrected chi connectivity index (χ2v) is 9.96. The molecule has 35 heavy (non-hydrogen) atoms. The van der Waals surface area contributed by atoms with E-state index in [2.05, 4.69) is 35.1 Å². The van der Waals surface area contributed by atoms with Gasteiger partial charge in [0, 0.05) is 17.6 Å². The van der Waals surface area contributed by atoms with Gasteiger partial charge in [0.1, 0.15) is 11.8 Å². The summed E-state index contributed by atoms with van der Waals surface area (Å²) in [6.07, 6.45) is 11.0. The fourth-order valence-corrected chi connectivity index (χ4v) is 4.44. The molecule has 0 radical (unpaired) electrons. The first-order valence-corrected chi connectivity index (χ1v) is 13.9. The van der Waals surface area contributed by atoms with Crippen molar-refractivity contribution < 1.29 is 23.9 Å².